The van der Waals surface area contributed by atoms with Gasteiger partial charge >= 0.3 is 0 Å². The van der Waals surface area contributed by atoms with Crippen LogP contribution < -0.4 is 0 Å². The quantitative estimate of drug-likeness (QED) is 0.360. The first-order chi connectivity index (χ1) is 9.59. The first-order valence-corrected chi connectivity index (χ1v) is 8.24. The number of benzene rings is 1. The lowest BCUT2D eigenvalue weighted by Gasteiger charge is -2.03. The van der Waals surface area contributed by atoms with Crippen molar-refractivity contribution in [3.8, 4) is 5.75 Å². The molecule has 1 radical (unpaired) electrons. The Kier molecular flexibility index (Phi) is 8.91. The summed E-state index contributed by atoms with van der Waals surface area (Å²) < 4.78 is 60.6. The molecular formula is C14H19AlF5O. The fraction of sp³-hybridized carbons (Fsp3) is 0.571. The minimum Gasteiger partial charge on any atom is -0.503 e. The molecule has 1 aromatic carbocycles. The summed E-state index contributed by atoms with van der Waals surface area (Å²) in [5, 5.41) is 11.3. The molecule has 0 aliphatic heterocycles. The third-order valence-corrected chi connectivity index (χ3v) is 5.02. The smallest absolute Gasteiger partial charge is 0.206 e. The fourth-order valence-electron chi connectivity index (χ4n) is 1.36. The average molecular weight is 325 g/mol. The molecule has 0 bridgehead atoms. The standard InChI is InChI=1S/C6HF5O.2C4H9.Al/c7-1-2(8)4(10)6(12)5(11)3(1)9;2*1-4(2)3;/h12H;2*4H,1H2,2-3H3;. The van der Waals surface area contributed by atoms with Gasteiger partial charge in [0.25, 0.3) is 0 Å². The van der Waals surface area contributed by atoms with Crippen molar-refractivity contribution in [2.45, 2.75) is 38.3 Å². The lowest BCUT2D eigenvalue weighted by atomic mass is 10.3. The van der Waals surface area contributed by atoms with Crippen LogP contribution in [-0.4, -0.2) is 20.3 Å². The maximum absolute atomic E-state index is 12.2. The predicted molar refractivity (Wildman–Crippen MR) is 72.9 cm³/mol. The Morgan fingerprint density at radius 1 is 0.714 bits per heavy atom. The van der Waals surface area contributed by atoms with Crippen LogP contribution in [0.1, 0.15) is 27.7 Å². The van der Waals surface area contributed by atoms with Crippen molar-refractivity contribution in [1.29, 1.82) is 0 Å². The molecule has 0 saturated carbocycles. The van der Waals surface area contributed by atoms with E-state index in [4.69, 9.17) is 5.11 Å². The van der Waals surface area contributed by atoms with E-state index in [1.165, 1.54) is 10.6 Å². The first-order valence-electron chi connectivity index (χ1n) is 6.61. The van der Waals surface area contributed by atoms with Gasteiger partial charge in [0.1, 0.15) is 0 Å². The second-order valence-electron chi connectivity index (χ2n) is 5.47. The molecule has 7 heteroatoms. The summed E-state index contributed by atoms with van der Waals surface area (Å²) in [7, 11) is 0. The van der Waals surface area contributed by atoms with Crippen molar-refractivity contribution in [1.82, 2.24) is 0 Å². The second kappa shape index (κ2) is 9.27. The van der Waals surface area contributed by atoms with E-state index in [1.54, 1.807) is 0 Å². The minimum absolute atomic E-state index is 0.755. The number of aromatic hydroxyl groups is 1. The number of hydrogen-bond donors (Lipinski definition) is 1. The normalized spacial score (nSPS) is 10.6. The average Bonchev–Trinajstić information content (AvgIpc) is 2.41. The van der Waals surface area contributed by atoms with Gasteiger partial charge in [0, 0.05) is 0 Å². The summed E-state index contributed by atoms with van der Waals surface area (Å²) in [5.41, 5.74) is 0. The van der Waals surface area contributed by atoms with E-state index in [0.29, 0.717) is 0 Å². The van der Waals surface area contributed by atoms with Crippen LogP contribution in [0.5, 0.6) is 5.75 Å². The van der Waals surface area contributed by atoms with Crippen molar-refractivity contribution in [2.24, 2.45) is 11.8 Å². The molecule has 1 N–H and O–H groups in total. The molecule has 0 atom stereocenters. The van der Waals surface area contributed by atoms with E-state index in [2.05, 4.69) is 27.7 Å². The molecule has 119 valence electrons. The van der Waals surface area contributed by atoms with E-state index < -0.39 is 34.8 Å². The van der Waals surface area contributed by atoms with Crippen LogP contribution in [0.15, 0.2) is 0 Å². The summed E-state index contributed by atoms with van der Waals surface area (Å²) in [4.78, 5) is 0. The van der Waals surface area contributed by atoms with Crippen molar-refractivity contribution < 1.29 is 27.1 Å². The Morgan fingerprint density at radius 3 is 1.29 bits per heavy atom. The van der Waals surface area contributed by atoms with Gasteiger partial charge in [-0.1, -0.05) is 39.5 Å². The maximum atomic E-state index is 12.2. The Hall–Kier alpha value is -0.798. The first kappa shape index (κ1) is 20.2. The van der Waals surface area contributed by atoms with Crippen LogP contribution in [0.3, 0.4) is 0 Å². The number of rotatable bonds is 4. The summed E-state index contributed by atoms with van der Waals surface area (Å²) in [6.07, 6.45) is 0. The highest BCUT2D eigenvalue weighted by molar-refractivity contribution is 6.35. The Labute approximate surface area is 127 Å². The Balaban J connectivity index is 0.000000400. The van der Waals surface area contributed by atoms with Gasteiger partial charge in [0.2, 0.25) is 44.3 Å². The third kappa shape index (κ3) is 6.66. The van der Waals surface area contributed by atoms with Crippen molar-refractivity contribution >= 4 is 15.2 Å². The van der Waals surface area contributed by atoms with Gasteiger partial charge in [-0.25, -0.2) is 13.2 Å². The molecule has 0 aromatic heterocycles. The van der Waals surface area contributed by atoms with E-state index in [0.717, 1.165) is 27.1 Å². The second-order valence-corrected chi connectivity index (χ2v) is 6.99. The van der Waals surface area contributed by atoms with Crippen LogP contribution in [0, 0.1) is 40.9 Å². The predicted octanol–water partition coefficient (Wildman–Crippen LogP) is 4.93. The van der Waals surface area contributed by atoms with Crippen molar-refractivity contribution in [2.75, 3.05) is 0 Å². The van der Waals surface area contributed by atoms with Gasteiger partial charge in [-0.05, 0) is 0 Å². The highest BCUT2D eigenvalue weighted by Gasteiger charge is 2.24. The van der Waals surface area contributed by atoms with Crippen LogP contribution >= 0.6 is 0 Å². The Morgan fingerprint density at radius 2 is 1.00 bits per heavy atom. The molecular weight excluding hydrogens is 306 g/mol. The van der Waals surface area contributed by atoms with E-state index in [1.807, 2.05) is 0 Å². The molecule has 0 saturated heterocycles. The largest absolute Gasteiger partial charge is 0.503 e. The number of hydrogen-bond acceptors (Lipinski definition) is 1. The molecule has 0 aliphatic carbocycles. The third-order valence-electron chi connectivity index (χ3n) is 2.46. The van der Waals surface area contributed by atoms with Gasteiger partial charge in [0.05, 0.1) is 0 Å². The van der Waals surface area contributed by atoms with E-state index >= 15 is 0 Å². The van der Waals surface area contributed by atoms with Crippen LogP contribution in [0.4, 0.5) is 22.0 Å². The summed E-state index contributed by atoms with van der Waals surface area (Å²) in [6, 6.07) is 0. The molecule has 0 heterocycles. The summed E-state index contributed by atoms with van der Waals surface area (Å²) >= 11 is 0.755. The molecule has 0 amide bonds. The molecule has 1 nitrogen and oxygen atoms in total. The zero-order chi connectivity index (χ0) is 16.7. The van der Waals surface area contributed by atoms with Gasteiger partial charge in [-0.2, -0.15) is 8.78 Å². The molecule has 0 unspecified atom stereocenters. The fourth-order valence-corrected chi connectivity index (χ4v) is 2.88. The number of phenols is 1. The molecule has 1 aromatic rings. The zero-order valence-electron chi connectivity index (χ0n) is 12.5. The zero-order valence-corrected chi connectivity index (χ0v) is 13.6. The molecule has 0 spiro atoms. The van der Waals surface area contributed by atoms with E-state index in [-0.39, 0.29) is 0 Å². The topological polar surface area (TPSA) is 20.2 Å². The molecule has 0 fully saturated rings. The molecule has 1 rings (SSSR count). The van der Waals surface area contributed by atoms with Crippen molar-refractivity contribution in [3.05, 3.63) is 29.1 Å². The minimum atomic E-state index is -2.29. The van der Waals surface area contributed by atoms with Gasteiger partial charge in [-0.15, -0.1) is 10.6 Å². The summed E-state index contributed by atoms with van der Waals surface area (Å²) in [6.45, 7) is 9.25. The van der Waals surface area contributed by atoms with Gasteiger partial charge in [0.15, 0.2) is 5.75 Å². The number of phenolic OH excluding ortho intramolecular Hbond substituents is 1. The highest BCUT2D eigenvalue weighted by Crippen LogP contribution is 2.27. The van der Waals surface area contributed by atoms with Gasteiger partial charge in [-0.3, -0.25) is 0 Å². The van der Waals surface area contributed by atoms with Crippen LogP contribution in [-0.2, 0) is 0 Å². The number of halogens is 5. The van der Waals surface area contributed by atoms with E-state index in [9.17, 15) is 22.0 Å². The maximum Gasteiger partial charge on any atom is 0.206 e. The highest BCUT2D eigenvalue weighted by atomic mass is 27.1. The Bertz CT molecular complexity index is 350. The molecule has 0 aliphatic rings. The van der Waals surface area contributed by atoms with Crippen molar-refractivity contribution in [3.63, 3.8) is 0 Å². The SMILES string of the molecule is CC(C)[CH2][Al][CH2]C(C)C.Oc1c(F)c(F)c(F)c(F)c1F. The van der Waals surface area contributed by atoms with Crippen LogP contribution in [0.2, 0.25) is 10.6 Å². The monoisotopic (exact) mass is 325 g/mol. The molecule has 21 heavy (non-hydrogen) atoms. The lowest BCUT2D eigenvalue weighted by Crippen LogP contribution is -2.00. The van der Waals surface area contributed by atoms with Crippen LogP contribution in [0.25, 0.3) is 0 Å². The lowest BCUT2D eigenvalue weighted by molar-refractivity contribution is 0.325. The van der Waals surface area contributed by atoms with Gasteiger partial charge < -0.3 is 5.11 Å². The summed E-state index contributed by atoms with van der Waals surface area (Å²) in [5.74, 6) is -11.1.